The smallest absolute Gasteiger partial charge is 0.0758 e. The molecule has 2 aromatic rings. The van der Waals surface area contributed by atoms with E-state index in [0.717, 1.165) is 30.0 Å². The van der Waals surface area contributed by atoms with E-state index in [2.05, 4.69) is 31.9 Å². The predicted molar refractivity (Wildman–Crippen MR) is 83.2 cm³/mol. The second-order valence-electron chi connectivity index (χ2n) is 5.38. The highest BCUT2D eigenvalue weighted by atomic mass is 15.1. The van der Waals surface area contributed by atoms with Gasteiger partial charge in [-0.05, 0) is 31.0 Å². The molecule has 1 fully saturated rings. The van der Waals surface area contributed by atoms with E-state index in [0.29, 0.717) is 0 Å². The van der Waals surface area contributed by atoms with Gasteiger partial charge in [0.1, 0.15) is 0 Å². The van der Waals surface area contributed by atoms with Gasteiger partial charge in [0.2, 0.25) is 0 Å². The van der Waals surface area contributed by atoms with Crippen LogP contribution in [0.1, 0.15) is 12.8 Å². The van der Waals surface area contributed by atoms with Crippen LogP contribution in [0.5, 0.6) is 0 Å². The molecule has 0 saturated carbocycles. The lowest BCUT2D eigenvalue weighted by Gasteiger charge is -2.21. The third-order valence-electron chi connectivity index (χ3n) is 3.78. The van der Waals surface area contributed by atoms with E-state index in [4.69, 9.17) is 0 Å². The van der Waals surface area contributed by atoms with Crippen LogP contribution >= 0.6 is 0 Å². The molecule has 3 heterocycles. The first-order valence-electron chi connectivity index (χ1n) is 7.08. The van der Waals surface area contributed by atoms with Crippen LogP contribution in [0.2, 0.25) is 0 Å². The number of pyridine rings is 2. The van der Waals surface area contributed by atoms with Crippen molar-refractivity contribution in [3.05, 3.63) is 36.8 Å². The van der Waals surface area contributed by atoms with Gasteiger partial charge in [0.05, 0.1) is 5.69 Å². The van der Waals surface area contributed by atoms with Crippen molar-refractivity contribution < 1.29 is 0 Å². The fourth-order valence-corrected chi connectivity index (χ4v) is 2.66. The molecule has 0 N–H and O–H groups in total. The second-order valence-corrected chi connectivity index (χ2v) is 5.38. The Hall–Kier alpha value is -2.10. The maximum Gasteiger partial charge on any atom is 0.0758 e. The fraction of sp³-hybridized carbons (Fsp3) is 0.375. The van der Waals surface area contributed by atoms with Crippen molar-refractivity contribution in [3.63, 3.8) is 0 Å². The van der Waals surface area contributed by atoms with Crippen molar-refractivity contribution in [1.29, 1.82) is 0 Å². The summed E-state index contributed by atoms with van der Waals surface area (Å²) >= 11 is 0. The van der Waals surface area contributed by atoms with Crippen LogP contribution in [-0.4, -0.2) is 37.2 Å². The normalized spacial score (nSPS) is 14.6. The highest BCUT2D eigenvalue weighted by Crippen LogP contribution is 2.32. The number of anilines is 2. The van der Waals surface area contributed by atoms with Crippen molar-refractivity contribution in [2.24, 2.45) is 0 Å². The SMILES string of the molecule is CN(C)c1ccnc(-c2cnccc2N2CCCC2)c1. The molecule has 2 aromatic heterocycles. The van der Waals surface area contributed by atoms with Gasteiger partial charge in [0, 0.05) is 62.7 Å². The Labute approximate surface area is 120 Å². The summed E-state index contributed by atoms with van der Waals surface area (Å²) in [7, 11) is 4.09. The molecule has 0 spiro atoms. The second kappa shape index (κ2) is 5.49. The standard InChI is InChI=1S/C16H20N4/c1-19(2)13-5-8-18-15(11-13)14-12-17-7-6-16(14)20-9-3-4-10-20/h5-8,11-12H,3-4,9-10H2,1-2H3. The van der Waals surface area contributed by atoms with E-state index in [-0.39, 0.29) is 0 Å². The summed E-state index contributed by atoms with van der Waals surface area (Å²) < 4.78 is 0. The minimum absolute atomic E-state index is 0.992. The van der Waals surface area contributed by atoms with Gasteiger partial charge in [-0.3, -0.25) is 9.97 Å². The summed E-state index contributed by atoms with van der Waals surface area (Å²) in [5.74, 6) is 0. The molecule has 0 unspecified atom stereocenters. The maximum atomic E-state index is 4.53. The van der Waals surface area contributed by atoms with E-state index in [1.54, 1.807) is 0 Å². The maximum absolute atomic E-state index is 4.53. The van der Waals surface area contributed by atoms with Crippen LogP contribution in [0.25, 0.3) is 11.3 Å². The molecule has 3 rings (SSSR count). The average Bonchev–Trinajstić information content (AvgIpc) is 3.01. The Kier molecular flexibility index (Phi) is 3.54. The Morgan fingerprint density at radius 3 is 2.65 bits per heavy atom. The summed E-state index contributed by atoms with van der Waals surface area (Å²) in [6.45, 7) is 2.26. The molecular weight excluding hydrogens is 248 g/mol. The molecule has 4 nitrogen and oxygen atoms in total. The molecule has 0 radical (unpaired) electrons. The predicted octanol–water partition coefficient (Wildman–Crippen LogP) is 2.81. The summed E-state index contributed by atoms with van der Waals surface area (Å²) in [6, 6.07) is 6.25. The van der Waals surface area contributed by atoms with Gasteiger partial charge in [-0.1, -0.05) is 0 Å². The first-order valence-corrected chi connectivity index (χ1v) is 7.08. The molecule has 20 heavy (non-hydrogen) atoms. The van der Waals surface area contributed by atoms with Gasteiger partial charge >= 0.3 is 0 Å². The molecule has 0 aliphatic carbocycles. The number of aromatic nitrogens is 2. The van der Waals surface area contributed by atoms with Gasteiger partial charge in [-0.15, -0.1) is 0 Å². The van der Waals surface area contributed by atoms with E-state index in [1.807, 2.05) is 38.8 Å². The minimum Gasteiger partial charge on any atom is -0.378 e. The molecular formula is C16H20N4. The highest BCUT2D eigenvalue weighted by molar-refractivity contribution is 5.77. The van der Waals surface area contributed by atoms with Gasteiger partial charge in [0.15, 0.2) is 0 Å². The summed E-state index contributed by atoms with van der Waals surface area (Å²) in [6.07, 6.45) is 8.20. The summed E-state index contributed by atoms with van der Waals surface area (Å²) in [5, 5.41) is 0. The first kappa shape index (κ1) is 12.9. The monoisotopic (exact) mass is 268 g/mol. The molecule has 104 valence electrons. The Balaban J connectivity index is 2.03. The Morgan fingerprint density at radius 1 is 1.10 bits per heavy atom. The lowest BCUT2D eigenvalue weighted by molar-refractivity contribution is 0.949. The highest BCUT2D eigenvalue weighted by Gasteiger charge is 2.17. The molecule has 0 aromatic carbocycles. The molecule has 4 heteroatoms. The van der Waals surface area contributed by atoms with Crippen LogP contribution in [0, 0.1) is 0 Å². The van der Waals surface area contributed by atoms with Crippen LogP contribution in [0.4, 0.5) is 11.4 Å². The van der Waals surface area contributed by atoms with Gasteiger partial charge in [-0.2, -0.15) is 0 Å². The lowest BCUT2D eigenvalue weighted by atomic mass is 10.1. The molecule has 1 saturated heterocycles. The van der Waals surface area contributed by atoms with Gasteiger partial charge < -0.3 is 9.80 Å². The lowest BCUT2D eigenvalue weighted by Crippen LogP contribution is -2.18. The van der Waals surface area contributed by atoms with Crippen LogP contribution in [0.15, 0.2) is 36.8 Å². The first-order chi connectivity index (χ1) is 9.75. The van der Waals surface area contributed by atoms with E-state index >= 15 is 0 Å². The quantitative estimate of drug-likeness (QED) is 0.857. The minimum atomic E-state index is 0.992. The third kappa shape index (κ3) is 2.46. The van der Waals surface area contributed by atoms with Crippen molar-refractivity contribution in [1.82, 2.24) is 9.97 Å². The number of hydrogen-bond acceptors (Lipinski definition) is 4. The summed E-state index contributed by atoms with van der Waals surface area (Å²) in [4.78, 5) is 13.3. The van der Waals surface area contributed by atoms with Crippen molar-refractivity contribution in [2.45, 2.75) is 12.8 Å². The molecule has 1 aliphatic rings. The van der Waals surface area contributed by atoms with Gasteiger partial charge in [0.25, 0.3) is 0 Å². The number of nitrogens with zero attached hydrogens (tertiary/aromatic N) is 4. The molecule has 0 amide bonds. The zero-order valence-electron chi connectivity index (χ0n) is 12.1. The van der Waals surface area contributed by atoms with Gasteiger partial charge in [-0.25, -0.2) is 0 Å². The van der Waals surface area contributed by atoms with Crippen molar-refractivity contribution in [3.8, 4) is 11.3 Å². The molecule has 0 bridgehead atoms. The fourth-order valence-electron chi connectivity index (χ4n) is 2.66. The van der Waals surface area contributed by atoms with Crippen LogP contribution < -0.4 is 9.80 Å². The largest absolute Gasteiger partial charge is 0.378 e. The van der Waals surface area contributed by atoms with E-state index in [9.17, 15) is 0 Å². The topological polar surface area (TPSA) is 32.3 Å². The average molecular weight is 268 g/mol. The van der Waals surface area contributed by atoms with Crippen LogP contribution in [-0.2, 0) is 0 Å². The zero-order chi connectivity index (χ0) is 13.9. The third-order valence-corrected chi connectivity index (χ3v) is 3.78. The Bertz CT molecular complexity index is 589. The van der Waals surface area contributed by atoms with Crippen molar-refractivity contribution >= 4 is 11.4 Å². The number of hydrogen-bond donors (Lipinski definition) is 0. The van der Waals surface area contributed by atoms with E-state index < -0.39 is 0 Å². The van der Waals surface area contributed by atoms with Crippen LogP contribution in [0.3, 0.4) is 0 Å². The van der Waals surface area contributed by atoms with E-state index in [1.165, 1.54) is 18.5 Å². The van der Waals surface area contributed by atoms with Crippen molar-refractivity contribution in [2.75, 3.05) is 37.0 Å². The zero-order valence-corrected chi connectivity index (χ0v) is 12.1. The molecule has 1 aliphatic heterocycles. The molecule has 0 atom stereocenters. The Morgan fingerprint density at radius 2 is 1.90 bits per heavy atom. The summed E-state index contributed by atoms with van der Waals surface area (Å²) in [5.41, 5.74) is 4.52. The number of rotatable bonds is 3.